The summed E-state index contributed by atoms with van der Waals surface area (Å²) in [5.41, 5.74) is 11.9. The fraction of sp³-hybridized carbons (Fsp3) is 0.469. The highest BCUT2D eigenvalue weighted by Gasteiger charge is 2.29. The van der Waals surface area contributed by atoms with E-state index in [4.69, 9.17) is 15.2 Å². The maximum absolute atomic E-state index is 6.39. The third-order valence-electron chi connectivity index (χ3n) is 6.48. The van der Waals surface area contributed by atoms with Crippen molar-refractivity contribution in [2.45, 2.75) is 47.6 Å². The minimum absolute atomic E-state index is 0.0337. The molecule has 10 nitrogen and oxygen atoms in total. The van der Waals surface area contributed by atoms with Gasteiger partial charge in [-0.25, -0.2) is 4.98 Å². The first-order valence-electron chi connectivity index (χ1n) is 14.7. The lowest BCUT2D eigenvalue weighted by Gasteiger charge is -2.40. The smallest absolute Gasteiger partial charge is 0.230 e. The van der Waals surface area contributed by atoms with Gasteiger partial charge in [0.25, 0.3) is 0 Å². The maximum Gasteiger partial charge on any atom is 0.230 e. The van der Waals surface area contributed by atoms with Crippen LogP contribution < -0.4 is 30.3 Å². The first kappa shape index (κ1) is 34.2. The van der Waals surface area contributed by atoms with Crippen LogP contribution >= 0.6 is 0 Å². The fourth-order valence-electron chi connectivity index (χ4n) is 4.20. The summed E-state index contributed by atoms with van der Waals surface area (Å²) in [6.45, 7) is 15.3. The molecule has 0 spiro atoms. The Morgan fingerprint density at radius 2 is 1.79 bits per heavy atom. The van der Waals surface area contributed by atoms with Crippen molar-refractivity contribution in [3.63, 3.8) is 0 Å². The molecule has 42 heavy (non-hydrogen) atoms. The summed E-state index contributed by atoms with van der Waals surface area (Å²) in [7, 11) is 7.75. The van der Waals surface area contributed by atoms with Crippen LogP contribution in [0.1, 0.15) is 45.9 Å². The van der Waals surface area contributed by atoms with Gasteiger partial charge in [-0.1, -0.05) is 39.8 Å². The number of likely N-dealkylation sites (N-methyl/N-ethyl adjacent to an activating group) is 2. The van der Waals surface area contributed by atoms with Crippen molar-refractivity contribution in [3.8, 4) is 11.6 Å². The van der Waals surface area contributed by atoms with Crippen LogP contribution in [-0.2, 0) is 0 Å². The second-order valence-corrected chi connectivity index (χ2v) is 9.69. The molecule has 4 rings (SSSR count). The van der Waals surface area contributed by atoms with Gasteiger partial charge in [0.1, 0.15) is 11.9 Å². The van der Waals surface area contributed by atoms with E-state index in [9.17, 15) is 0 Å². The molecule has 2 aromatic heterocycles. The van der Waals surface area contributed by atoms with Gasteiger partial charge in [0.05, 0.1) is 49.1 Å². The molecule has 1 saturated heterocycles. The largest absolute Gasteiger partial charge is 0.494 e. The number of nitrogens with two attached hydrogens (primary N) is 1. The molecule has 230 valence electrons. The van der Waals surface area contributed by atoms with Crippen LogP contribution in [0.5, 0.6) is 11.6 Å². The quantitative estimate of drug-likeness (QED) is 0.269. The zero-order chi connectivity index (χ0) is 31.2. The molecule has 10 heteroatoms. The standard InChI is InChI=1S/C28H38N8O2.2C2H6/c1-7-8-20-13-21(16-31-19(20)2)36-17-22(18-36)38-27-9-10-30-28(33-27)32-24-14-23(29)25(15-26(24)37-6)35(5)12-11-34(3)4;2*1-2/h7-10,13-16,22H,11-12,17-18,29H2,1-6H3,(H,30,32,33);2*1-2H3/b8-7-;;. The van der Waals surface area contributed by atoms with E-state index in [2.05, 4.69) is 47.1 Å². The van der Waals surface area contributed by atoms with Crippen molar-refractivity contribution in [2.24, 2.45) is 0 Å². The normalized spacial score (nSPS) is 12.6. The van der Waals surface area contributed by atoms with Crippen molar-refractivity contribution in [1.82, 2.24) is 19.9 Å². The molecule has 3 heterocycles. The molecule has 3 aromatic rings. The average Bonchev–Trinajstić information content (AvgIpc) is 2.97. The van der Waals surface area contributed by atoms with Gasteiger partial charge in [-0.05, 0) is 45.6 Å². The molecular formula is C32H50N8O2. The number of methoxy groups -OCH3 is 1. The van der Waals surface area contributed by atoms with Crippen LogP contribution in [0.4, 0.5) is 28.7 Å². The number of allylic oxidation sites excluding steroid dienone is 1. The fourth-order valence-corrected chi connectivity index (χ4v) is 4.20. The Labute approximate surface area is 252 Å². The van der Waals surface area contributed by atoms with Gasteiger partial charge >= 0.3 is 0 Å². The number of aryl methyl sites for hydroxylation is 1. The minimum atomic E-state index is 0.0337. The van der Waals surface area contributed by atoms with Crippen LogP contribution in [0.3, 0.4) is 0 Å². The molecular weight excluding hydrogens is 528 g/mol. The van der Waals surface area contributed by atoms with Crippen molar-refractivity contribution in [2.75, 3.05) is 75.3 Å². The Morgan fingerprint density at radius 3 is 2.43 bits per heavy atom. The predicted octanol–water partition coefficient (Wildman–Crippen LogP) is 5.87. The summed E-state index contributed by atoms with van der Waals surface area (Å²) >= 11 is 0. The van der Waals surface area contributed by atoms with Gasteiger partial charge in [-0.15, -0.1) is 0 Å². The van der Waals surface area contributed by atoms with E-state index in [0.29, 0.717) is 29.0 Å². The number of ether oxygens (including phenoxy) is 2. The Balaban J connectivity index is 0.00000148. The number of nitrogens with zero attached hydrogens (tertiary/aromatic N) is 6. The molecule has 0 radical (unpaired) electrons. The first-order chi connectivity index (χ1) is 20.3. The molecule has 1 aliphatic heterocycles. The molecule has 0 atom stereocenters. The molecule has 0 bridgehead atoms. The number of rotatable bonds is 11. The first-order valence-corrected chi connectivity index (χ1v) is 14.7. The Bertz CT molecular complexity index is 1280. The topological polar surface area (TPSA) is 105 Å². The monoisotopic (exact) mass is 578 g/mol. The molecule has 1 fully saturated rings. The maximum atomic E-state index is 6.39. The third kappa shape index (κ3) is 9.24. The lowest BCUT2D eigenvalue weighted by atomic mass is 10.1. The van der Waals surface area contributed by atoms with E-state index < -0.39 is 0 Å². The number of nitrogens with one attached hydrogen (secondary N) is 1. The van der Waals surface area contributed by atoms with Gasteiger partial charge in [0, 0.05) is 44.2 Å². The summed E-state index contributed by atoms with van der Waals surface area (Å²) in [6, 6.07) is 7.70. The van der Waals surface area contributed by atoms with Crippen LogP contribution in [0, 0.1) is 6.92 Å². The molecule has 0 saturated carbocycles. The number of hydrogen-bond acceptors (Lipinski definition) is 10. The van der Waals surface area contributed by atoms with Crippen molar-refractivity contribution in [3.05, 3.63) is 54.0 Å². The van der Waals surface area contributed by atoms with Crippen molar-refractivity contribution < 1.29 is 9.47 Å². The van der Waals surface area contributed by atoms with Crippen LogP contribution in [0.15, 0.2) is 42.7 Å². The van der Waals surface area contributed by atoms with Gasteiger partial charge in [0.2, 0.25) is 11.8 Å². The summed E-state index contributed by atoms with van der Waals surface area (Å²) in [5.74, 6) is 1.57. The number of anilines is 5. The molecule has 1 aliphatic rings. The Kier molecular flexibility index (Phi) is 13.9. The molecule has 0 unspecified atom stereocenters. The molecule has 0 aliphatic carbocycles. The highest BCUT2D eigenvalue weighted by molar-refractivity contribution is 5.79. The van der Waals surface area contributed by atoms with E-state index in [1.54, 1.807) is 19.4 Å². The van der Waals surface area contributed by atoms with Gasteiger partial charge in [0.15, 0.2) is 0 Å². The van der Waals surface area contributed by atoms with E-state index in [0.717, 1.165) is 48.8 Å². The third-order valence-corrected chi connectivity index (χ3v) is 6.48. The molecule has 0 amide bonds. The average molecular weight is 579 g/mol. The van der Waals surface area contributed by atoms with E-state index in [1.807, 2.05) is 87.1 Å². The summed E-state index contributed by atoms with van der Waals surface area (Å²) < 4.78 is 11.8. The van der Waals surface area contributed by atoms with Crippen molar-refractivity contribution >= 4 is 34.8 Å². The summed E-state index contributed by atoms with van der Waals surface area (Å²) in [5, 5.41) is 3.23. The Morgan fingerprint density at radius 1 is 1.07 bits per heavy atom. The molecule has 1 aromatic carbocycles. The number of benzene rings is 1. The summed E-state index contributed by atoms with van der Waals surface area (Å²) in [4.78, 5) is 19.9. The Hall–Kier alpha value is -4.05. The number of hydrogen-bond donors (Lipinski definition) is 2. The lowest BCUT2D eigenvalue weighted by molar-refractivity contribution is 0.160. The van der Waals surface area contributed by atoms with Gasteiger partial charge in [-0.2, -0.15) is 4.98 Å². The van der Waals surface area contributed by atoms with E-state index in [-0.39, 0.29) is 6.10 Å². The summed E-state index contributed by atoms with van der Waals surface area (Å²) in [6.07, 6.45) is 7.73. The zero-order valence-corrected chi connectivity index (χ0v) is 27.1. The number of pyridine rings is 1. The second kappa shape index (κ2) is 17.0. The number of nitrogen functional groups attached to an aromatic ring is 1. The second-order valence-electron chi connectivity index (χ2n) is 9.69. The van der Waals surface area contributed by atoms with Crippen LogP contribution in [-0.4, -0.2) is 80.4 Å². The van der Waals surface area contributed by atoms with Crippen molar-refractivity contribution in [1.29, 1.82) is 0 Å². The van der Waals surface area contributed by atoms with E-state index >= 15 is 0 Å². The van der Waals surface area contributed by atoms with Crippen LogP contribution in [0.2, 0.25) is 0 Å². The lowest BCUT2D eigenvalue weighted by Crippen LogP contribution is -2.54. The SMILES string of the molecule is C/C=C\c1cc(N2CC(Oc3ccnc(Nc4cc(N)c(N(C)CCN(C)C)cc4OC)n3)C2)cnc1C.CC.CC. The highest BCUT2D eigenvalue weighted by atomic mass is 16.5. The van der Waals surface area contributed by atoms with E-state index in [1.165, 1.54) is 0 Å². The minimum Gasteiger partial charge on any atom is -0.494 e. The highest BCUT2D eigenvalue weighted by Crippen LogP contribution is 2.36. The molecule has 3 N–H and O–H groups in total. The van der Waals surface area contributed by atoms with Gasteiger partial charge < -0.3 is 35.2 Å². The zero-order valence-electron chi connectivity index (χ0n) is 27.1. The number of aromatic nitrogens is 3. The van der Waals surface area contributed by atoms with Gasteiger partial charge in [-0.3, -0.25) is 4.98 Å². The van der Waals surface area contributed by atoms with Crippen LogP contribution in [0.25, 0.3) is 6.08 Å². The predicted molar refractivity (Wildman–Crippen MR) is 178 cm³/mol.